The minimum Gasteiger partial charge on any atom is -0.459 e. The first-order valence-electron chi connectivity index (χ1n) is 5.57. The minimum absolute atomic E-state index is 0.143. The quantitative estimate of drug-likeness (QED) is 0.493. The van der Waals surface area contributed by atoms with Crippen LogP contribution in [0.3, 0.4) is 0 Å². The van der Waals surface area contributed by atoms with Gasteiger partial charge >= 0.3 is 0 Å². The Bertz CT molecular complexity index is 722. The first kappa shape index (κ1) is 13.4. The lowest BCUT2D eigenvalue weighted by Gasteiger charge is -1.97. The zero-order valence-electron chi connectivity index (χ0n) is 9.95. The number of thioether (sulfide) groups is 1. The van der Waals surface area contributed by atoms with Gasteiger partial charge in [-0.2, -0.15) is 0 Å². The Morgan fingerprint density at radius 3 is 2.65 bits per heavy atom. The molecule has 0 atom stereocenters. The molecule has 3 rings (SSSR count). The summed E-state index contributed by atoms with van der Waals surface area (Å²) in [5.41, 5.74) is 0.591. The molecule has 0 spiro atoms. The highest BCUT2D eigenvalue weighted by molar-refractivity contribution is 14.1. The number of halogens is 1. The van der Waals surface area contributed by atoms with Crippen molar-refractivity contribution in [1.82, 2.24) is 10.2 Å². The molecule has 2 heterocycles. The Morgan fingerprint density at radius 2 is 1.95 bits per heavy atom. The topological polar surface area (TPSA) is 69.1 Å². The van der Waals surface area contributed by atoms with Gasteiger partial charge in [-0.15, -0.1) is 10.2 Å². The largest absolute Gasteiger partial charge is 0.459 e. The van der Waals surface area contributed by atoms with E-state index in [0.717, 1.165) is 15.3 Å². The smallest absolute Gasteiger partial charge is 0.284 e. The van der Waals surface area contributed by atoms with Crippen molar-refractivity contribution in [2.75, 3.05) is 0 Å². The van der Waals surface area contributed by atoms with Crippen LogP contribution in [0.4, 0.5) is 0 Å². The number of carbonyl (C=O) groups is 1. The van der Waals surface area contributed by atoms with E-state index < -0.39 is 0 Å². The number of benzene rings is 1. The van der Waals surface area contributed by atoms with Crippen molar-refractivity contribution in [3.05, 3.63) is 51.8 Å². The van der Waals surface area contributed by atoms with Gasteiger partial charge in [0.15, 0.2) is 5.76 Å². The summed E-state index contributed by atoms with van der Waals surface area (Å²) in [4.78, 5) is 12.0. The van der Waals surface area contributed by atoms with Crippen LogP contribution < -0.4 is 0 Å². The van der Waals surface area contributed by atoms with E-state index in [-0.39, 0.29) is 16.2 Å². The Balaban J connectivity index is 1.75. The van der Waals surface area contributed by atoms with E-state index in [1.807, 2.05) is 12.1 Å². The standard InChI is InChI=1S/C13H7IN2O3S/c14-9-5-3-8(4-6-9)12(17)20-13-16-15-11(19-13)10-2-1-7-18-10/h1-7H. The van der Waals surface area contributed by atoms with Crippen molar-refractivity contribution in [1.29, 1.82) is 0 Å². The zero-order valence-corrected chi connectivity index (χ0v) is 12.9. The monoisotopic (exact) mass is 398 g/mol. The summed E-state index contributed by atoms with van der Waals surface area (Å²) in [6.07, 6.45) is 1.52. The van der Waals surface area contributed by atoms with Crippen LogP contribution in [0, 0.1) is 3.57 Å². The van der Waals surface area contributed by atoms with E-state index in [1.165, 1.54) is 6.26 Å². The Kier molecular flexibility index (Phi) is 3.88. The molecule has 0 unspecified atom stereocenters. The van der Waals surface area contributed by atoms with Gasteiger partial charge in [-0.3, -0.25) is 4.79 Å². The van der Waals surface area contributed by atoms with Crippen molar-refractivity contribution in [3.8, 4) is 11.7 Å². The highest BCUT2D eigenvalue weighted by Crippen LogP contribution is 2.26. The summed E-state index contributed by atoms with van der Waals surface area (Å²) in [6, 6.07) is 10.7. The lowest BCUT2D eigenvalue weighted by atomic mass is 10.2. The molecule has 2 aromatic heterocycles. The molecule has 0 amide bonds. The summed E-state index contributed by atoms with van der Waals surface area (Å²) >= 11 is 3.08. The second-order valence-corrected chi connectivity index (χ2v) is 5.92. The summed E-state index contributed by atoms with van der Waals surface area (Å²) in [7, 11) is 0. The first-order chi connectivity index (χ1) is 9.72. The summed E-state index contributed by atoms with van der Waals surface area (Å²) in [5, 5.41) is 7.71. The number of nitrogens with zero attached hydrogens (tertiary/aromatic N) is 2. The minimum atomic E-state index is -0.143. The predicted octanol–water partition coefficient (Wildman–Crippen LogP) is 3.87. The van der Waals surface area contributed by atoms with E-state index in [9.17, 15) is 4.79 Å². The van der Waals surface area contributed by atoms with E-state index in [1.54, 1.807) is 24.3 Å². The van der Waals surface area contributed by atoms with Crippen LogP contribution in [0.2, 0.25) is 0 Å². The lowest BCUT2D eigenvalue weighted by Crippen LogP contribution is -1.92. The van der Waals surface area contributed by atoms with Crippen LogP contribution in [-0.4, -0.2) is 15.3 Å². The van der Waals surface area contributed by atoms with E-state index in [2.05, 4.69) is 32.8 Å². The van der Waals surface area contributed by atoms with Crippen LogP contribution >= 0.6 is 34.4 Å². The van der Waals surface area contributed by atoms with Crippen molar-refractivity contribution in [2.24, 2.45) is 0 Å². The molecule has 100 valence electrons. The van der Waals surface area contributed by atoms with Gasteiger partial charge in [-0.1, -0.05) is 0 Å². The average molecular weight is 398 g/mol. The molecule has 0 aliphatic rings. The molecule has 0 saturated carbocycles. The second-order valence-electron chi connectivity index (χ2n) is 3.75. The number of aromatic nitrogens is 2. The maximum absolute atomic E-state index is 12.0. The molecule has 0 saturated heterocycles. The van der Waals surface area contributed by atoms with Crippen molar-refractivity contribution >= 4 is 39.5 Å². The lowest BCUT2D eigenvalue weighted by molar-refractivity contribution is 0.108. The fraction of sp³-hybridized carbons (Fsp3) is 0. The van der Waals surface area contributed by atoms with Crippen LogP contribution in [0.1, 0.15) is 10.4 Å². The summed E-state index contributed by atoms with van der Waals surface area (Å²) in [5.74, 6) is 0.735. The zero-order chi connectivity index (χ0) is 13.9. The average Bonchev–Trinajstić information content (AvgIpc) is 3.09. The molecule has 1 aromatic carbocycles. The van der Waals surface area contributed by atoms with Gasteiger partial charge in [-0.05, 0) is 59.0 Å². The van der Waals surface area contributed by atoms with Gasteiger partial charge in [-0.25, -0.2) is 0 Å². The van der Waals surface area contributed by atoms with E-state index >= 15 is 0 Å². The van der Waals surface area contributed by atoms with Gasteiger partial charge in [0.2, 0.25) is 5.12 Å². The fourth-order valence-electron chi connectivity index (χ4n) is 1.48. The van der Waals surface area contributed by atoms with Crippen LogP contribution in [-0.2, 0) is 0 Å². The first-order valence-corrected chi connectivity index (χ1v) is 7.47. The fourth-order valence-corrected chi connectivity index (χ4v) is 2.45. The maximum atomic E-state index is 12.0. The molecule has 7 heteroatoms. The maximum Gasteiger partial charge on any atom is 0.284 e. The highest BCUT2D eigenvalue weighted by Gasteiger charge is 2.15. The molecule has 0 bridgehead atoms. The van der Waals surface area contributed by atoms with Crippen LogP contribution in [0.25, 0.3) is 11.7 Å². The van der Waals surface area contributed by atoms with Crippen LogP contribution in [0.15, 0.2) is 56.7 Å². The van der Waals surface area contributed by atoms with Gasteiger partial charge in [0, 0.05) is 20.9 Å². The number of hydrogen-bond donors (Lipinski definition) is 0. The van der Waals surface area contributed by atoms with Crippen LogP contribution in [0.5, 0.6) is 0 Å². The highest BCUT2D eigenvalue weighted by atomic mass is 127. The second kappa shape index (κ2) is 5.80. The number of hydrogen-bond acceptors (Lipinski definition) is 6. The Labute approximate surface area is 131 Å². The molecule has 0 aliphatic carbocycles. The molecule has 0 fully saturated rings. The number of carbonyl (C=O) groups excluding carboxylic acids is 1. The van der Waals surface area contributed by atoms with Gasteiger partial charge < -0.3 is 8.83 Å². The Morgan fingerprint density at radius 1 is 1.15 bits per heavy atom. The summed E-state index contributed by atoms with van der Waals surface area (Å²) in [6.45, 7) is 0. The molecule has 0 aliphatic heterocycles. The molecular weight excluding hydrogens is 391 g/mol. The normalized spacial score (nSPS) is 10.7. The molecule has 20 heavy (non-hydrogen) atoms. The summed E-state index contributed by atoms with van der Waals surface area (Å²) < 4.78 is 11.6. The van der Waals surface area contributed by atoms with Gasteiger partial charge in [0.25, 0.3) is 11.1 Å². The van der Waals surface area contributed by atoms with Gasteiger partial charge in [0.05, 0.1) is 6.26 Å². The van der Waals surface area contributed by atoms with Crippen molar-refractivity contribution in [2.45, 2.75) is 5.22 Å². The van der Waals surface area contributed by atoms with E-state index in [4.69, 9.17) is 8.83 Å². The number of furan rings is 1. The SMILES string of the molecule is O=C(Sc1nnc(-c2ccco2)o1)c1ccc(I)cc1. The van der Waals surface area contributed by atoms with Crippen molar-refractivity contribution < 1.29 is 13.6 Å². The molecule has 0 N–H and O–H groups in total. The van der Waals surface area contributed by atoms with Crippen molar-refractivity contribution in [3.63, 3.8) is 0 Å². The number of rotatable bonds is 3. The molecule has 5 nitrogen and oxygen atoms in total. The third-order valence-corrected chi connectivity index (χ3v) is 3.88. The third-order valence-electron chi connectivity index (χ3n) is 2.40. The Hall–Kier alpha value is -1.61. The molecular formula is C13H7IN2O3S. The van der Waals surface area contributed by atoms with E-state index in [0.29, 0.717) is 11.3 Å². The molecule has 3 aromatic rings. The molecule has 0 radical (unpaired) electrons. The van der Waals surface area contributed by atoms with Gasteiger partial charge in [0.1, 0.15) is 0 Å². The third kappa shape index (κ3) is 2.93. The predicted molar refractivity (Wildman–Crippen MR) is 81.3 cm³/mol.